The van der Waals surface area contributed by atoms with Crippen molar-refractivity contribution in [2.45, 2.75) is 91.9 Å². The summed E-state index contributed by atoms with van der Waals surface area (Å²) in [5, 5.41) is 0.623. The van der Waals surface area contributed by atoms with Crippen molar-refractivity contribution in [2.24, 2.45) is 0 Å². The summed E-state index contributed by atoms with van der Waals surface area (Å²) in [5.41, 5.74) is 2.05. The molecule has 0 amide bonds. The van der Waals surface area contributed by atoms with Crippen LogP contribution in [-0.4, -0.2) is 51.1 Å². The number of fused-ring (bicyclic) bond motifs is 1. The number of benzene rings is 2. The fraction of sp³-hybridized carbons (Fsp3) is 0.559. The van der Waals surface area contributed by atoms with E-state index in [9.17, 15) is 13.2 Å². The van der Waals surface area contributed by atoms with Crippen LogP contribution in [0.3, 0.4) is 0 Å². The Kier molecular flexibility index (Phi) is 13.9. The summed E-state index contributed by atoms with van der Waals surface area (Å²) in [7, 11) is -3.47. The molecule has 0 unspecified atom stereocenters. The van der Waals surface area contributed by atoms with E-state index in [2.05, 4.69) is 30.4 Å². The molecule has 0 aliphatic heterocycles. The predicted octanol–water partition coefficient (Wildman–Crippen LogP) is 8.22. The van der Waals surface area contributed by atoms with Crippen LogP contribution >= 0.6 is 0 Å². The van der Waals surface area contributed by atoms with Gasteiger partial charge < -0.3 is 14.1 Å². The minimum Gasteiger partial charge on any atom is -0.494 e. The number of hydrogen-bond acceptors (Lipinski definition) is 6. The van der Waals surface area contributed by atoms with Gasteiger partial charge in [-0.05, 0) is 87.7 Å². The van der Waals surface area contributed by atoms with E-state index < -0.39 is 10.0 Å². The highest BCUT2D eigenvalue weighted by molar-refractivity contribution is 7.92. The number of nitrogens with one attached hydrogen (secondary N) is 1. The van der Waals surface area contributed by atoms with E-state index in [0.29, 0.717) is 53.0 Å². The Morgan fingerprint density at radius 1 is 0.833 bits per heavy atom. The third-order valence-electron chi connectivity index (χ3n) is 7.45. The number of rotatable bonds is 21. The van der Waals surface area contributed by atoms with Gasteiger partial charge in [-0.3, -0.25) is 9.52 Å². The van der Waals surface area contributed by atoms with E-state index >= 15 is 0 Å². The van der Waals surface area contributed by atoms with Crippen molar-refractivity contribution in [2.75, 3.05) is 36.7 Å². The fourth-order valence-electron chi connectivity index (χ4n) is 4.96. The molecule has 8 heteroatoms. The third-order valence-corrected chi connectivity index (χ3v) is 8.82. The summed E-state index contributed by atoms with van der Waals surface area (Å²) in [6.07, 6.45) is 9.69. The third kappa shape index (κ3) is 10.2. The molecule has 0 spiro atoms. The van der Waals surface area contributed by atoms with E-state index in [4.69, 9.17) is 9.15 Å². The number of ketones is 1. The topological polar surface area (TPSA) is 88.8 Å². The molecule has 232 valence electrons. The van der Waals surface area contributed by atoms with Gasteiger partial charge in [0.2, 0.25) is 10.0 Å². The molecule has 0 aliphatic rings. The van der Waals surface area contributed by atoms with Crippen molar-refractivity contribution < 1.29 is 22.4 Å². The number of hydrogen-bond donors (Lipinski definition) is 1. The van der Waals surface area contributed by atoms with Crippen LogP contribution < -0.4 is 9.46 Å². The molecular formula is C34H50N2O5S. The van der Waals surface area contributed by atoms with Gasteiger partial charge in [0.1, 0.15) is 17.1 Å². The first-order valence-electron chi connectivity index (χ1n) is 15.9. The minimum absolute atomic E-state index is 0.0604. The van der Waals surface area contributed by atoms with Crippen LogP contribution in [0.25, 0.3) is 11.0 Å². The SMILES string of the molecule is CCCCc1oc2ccc(NS(=O)(=O)CCCC)cc2c1C(=O)c1ccc(OCCCN(CCCC)CCCC)cc1. The lowest BCUT2D eigenvalue weighted by molar-refractivity contribution is 0.103. The maximum absolute atomic E-state index is 13.8. The Labute approximate surface area is 253 Å². The van der Waals surface area contributed by atoms with Crippen LogP contribution in [0.2, 0.25) is 0 Å². The number of ether oxygens (including phenoxy) is 1. The number of unbranched alkanes of at least 4 members (excludes halogenated alkanes) is 4. The molecule has 1 N–H and O–H groups in total. The van der Waals surface area contributed by atoms with Gasteiger partial charge in [-0.15, -0.1) is 0 Å². The Morgan fingerprint density at radius 3 is 2.12 bits per heavy atom. The van der Waals surface area contributed by atoms with E-state index in [1.54, 1.807) is 30.3 Å². The molecule has 0 saturated heterocycles. The van der Waals surface area contributed by atoms with E-state index in [-0.39, 0.29) is 11.5 Å². The van der Waals surface area contributed by atoms with Crippen LogP contribution in [0, 0.1) is 0 Å². The predicted molar refractivity (Wildman–Crippen MR) is 173 cm³/mol. The highest BCUT2D eigenvalue weighted by Crippen LogP contribution is 2.32. The maximum atomic E-state index is 13.8. The fourth-order valence-corrected chi connectivity index (χ4v) is 6.22. The lowest BCUT2D eigenvalue weighted by Gasteiger charge is -2.21. The van der Waals surface area contributed by atoms with Gasteiger partial charge in [-0.1, -0.05) is 53.4 Å². The van der Waals surface area contributed by atoms with Crippen molar-refractivity contribution in [3.05, 3.63) is 59.4 Å². The molecule has 1 aromatic heterocycles. The van der Waals surface area contributed by atoms with E-state index in [0.717, 1.165) is 51.1 Å². The lowest BCUT2D eigenvalue weighted by atomic mass is 9.98. The second-order valence-corrected chi connectivity index (χ2v) is 12.9. The van der Waals surface area contributed by atoms with Crippen LogP contribution in [0.1, 0.15) is 107 Å². The molecule has 0 bridgehead atoms. The van der Waals surface area contributed by atoms with E-state index in [1.165, 1.54) is 25.7 Å². The first kappa shape index (κ1) is 33.7. The molecule has 3 aromatic rings. The molecule has 2 aromatic carbocycles. The van der Waals surface area contributed by atoms with Gasteiger partial charge in [0.15, 0.2) is 5.78 Å². The molecule has 42 heavy (non-hydrogen) atoms. The molecule has 1 heterocycles. The monoisotopic (exact) mass is 598 g/mol. The highest BCUT2D eigenvalue weighted by Gasteiger charge is 2.23. The van der Waals surface area contributed by atoms with Gasteiger partial charge in [-0.2, -0.15) is 0 Å². The standard InChI is InChI=1S/C34H50N2O5S/c1-5-9-14-32-33(30-26-28(17-20-31(30)41-32)35-42(38,39)25-12-8-4)34(37)27-15-18-29(19-16-27)40-24-13-23-36(21-10-6-2)22-11-7-3/h15-20,26,35H,5-14,21-25H2,1-4H3. The number of furan rings is 1. The zero-order valence-electron chi connectivity index (χ0n) is 26.0. The maximum Gasteiger partial charge on any atom is 0.232 e. The Hall–Kier alpha value is -2.84. The zero-order chi connectivity index (χ0) is 30.4. The summed E-state index contributed by atoms with van der Waals surface area (Å²) >= 11 is 0. The van der Waals surface area contributed by atoms with Crippen LogP contribution in [-0.2, 0) is 16.4 Å². The Bertz CT molecular complexity index is 1340. The lowest BCUT2D eigenvalue weighted by Crippen LogP contribution is -2.28. The van der Waals surface area contributed by atoms with Crippen molar-refractivity contribution in [3.63, 3.8) is 0 Å². The van der Waals surface area contributed by atoms with Crippen LogP contribution in [0.5, 0.6) is 5.75 Å². The molecule has 3 rings (SSSR count). The number of anilines is 1. The van der Waals surface area contributed by atoms with Gasteiger partial charge >= 0.3 is 0 Å². The van der Waals surface area contributed by atoms with Crippen molar-refractivity contribution in [1.29, 1.82) is 0 Å². The van der Waals surface area contributed by atoms with Gasteiger partial charge in [0.05, 0.1) is 17.9 Å². The summed E-state index contributed by atoms with van der Waals surface area (Å²) < 4.78 is 39.8. The zero-order valence-corrected chi connectivity index (χ0v) is 26.9. The van der Waals surface area contributed by atoms with E-state index in [1.807, 2.05) is 19.1 Å². The van der Waals surface area contributed by atoms with Gasteiger partial charge in [-0.25, -0.2) is 8.42 Å². The van der Waals surface area contributed by atoms with Crippen molar-refractivity contribution >= 4 is 32.5 Å². The smallest absolute Gasteiger partial charge is 0.232 e. The first-order valence-corrected chi connectivity index (χ1v) is 17.5. The number of carbonyl (C=O) groups is 1. The molecule has 0 saturated carbocycles. The second kappa shape index (κ2) is 17.3. The molecule has 0 atom stereocenters. The highest BCUT2D eigenvalue weighted by atomic mass is 32.2. The quantitative estimate of drug-likeness (QED) is 0.0982. The van der Waals surface area contributed by atoms with Crippen molar-refractivity contribution in [1.82, 2.24) is 4.90 Å². The van der Waals surface area contributed by atoms with Crippen molar-refractivity contribution in [3.8, 4) is 5.75 Å². The van der Waals surface area contributed by atoms with Gasteiger partial charge in [0, 0.05) is 29.6 Å². The van der Waals surface area contributed by atoms with Gasteiger partial charge in [0.25, 0.3) is 0 Å². The normalized spacial score (nSPS) is 11.8. The molecule has 0 fully saturated rings. The molecular weight excluding hydrogens is 548 g/mol. The molecule has 0 aliphatic carbocycles. The molecule has 0 radical (unpaired) electrons. The summed E-state index contributed by atoms with van der Waals surface area (Å²) in [6.45, 7) is 12.5. The Balaban J connectivity index is 1.73. The largest absolute Gasteiger partial charge is 0.494 e. The number of sulfonamides is 1. The molecule has 7 nitrogen and oxygen atoms in total. The first-order chi connectivity index (χ1) is 20.3. The Morgan fingerprint density at radius 2 is 1.48 bits per heavy atom. The minimum atomic E-state index is -3.47. The summed E-state index contributed by atoms with van der Waals surface area (Å²) in [5.74, 6) is 1.30. The van der Waals surface area contributed by atoms with Crippen LogP contribution in [0.4, 0.5) is 5.69 Å². The van der Waals surface area contributed by atoms with Crippen LogP contribution in [0.15, 0.2) is 46.9 Å². The number of aryl methyl sites for hydroxylation is 1. The summed E-state index contributed by atoms with van der Waals surface area (Å²) in [4.78, 5) is 16.4. The summed E-state index contributed by atoms with van der Waals surface area (Å²) in [6, 6.07) is 12.4. The average Bonchev–Trinajstić information content (AvgIpc) is 3.35. The second-order valence-electron chi connectivity index (χ2n) is 11.1. The number of carbonyl (C=O) groups excluding carboxylic acids is 1. The average molecular weight is 599 g/mol. The number of nitrogens with zero attached hydrogens (tertiary/aromatic N) is 1.